The van der Waals surface area contributed by atoms with Gasteiger partial charge < -0.3 is 4.74 Å². The van der Waals surface area contributed by atoms with Crippen LogP contribution in [0.3, 0.4) is 0 Å². The van der Waals surface area contributed by atoms with E-state index in [0.717, 1.165) is 11.5 Å². The van der Waals surface area contributed by atoms with Gasteiger partial charge in [-0.05, 0) is 20.3 Å². The van der Waals surface area contributed by atoms with Crippen LogP contribution in [0.2, 0.25) is 0 Å². The molecule has 74 valence electrons. The van der Waals surface area contributed by atoms with Gasteiger partial charge in [0.15, 0.2) is 0 Å². The summed E-state index contributed by atoms with van der Waals surface area (Å²) >= 11 is 1.84. The molecule has 2 unspecified atom stereocenters. The highest BCUT2D eigenvalue weighted by Gasteiger charge is 2.53. The van der Waals surface area contributed by atoms with Crippen molar-refractivity contribution in [3.05, 3.63) is 23.9 Å². The summed E-state index contributed by atoms with van der Waals surface area (Å²) in [6.45, 7) is 4.24. The largest absolute Gasteiger partial charge is 0.359 e. The molecule has 0 aromatic carbocycles. The minimum absolute atomic E-state index is 0.0175. The molecule has 1 saturated heterocycles. The van der Waals surface area contributed by atoms with E-state index in [1.807, 2.05) is 11.8 Å². The number of aliphatic imine (C=N–C) groups is 1. The summed E-state index contributed by atoms with van der Waals surface area (Å²) in [4.78, 5) is 4.63. The number of nitrogens with zero attached hydrogens (tertiary/aromatic N) is 1. The molecule has 0 radical (unpaired) electrons. The lowest BCUT2D eigenvalue weighted by Gasteiger charge is -2.06. The van der Waals surface area contributed by atoms with E-state index in [1.165, 1.54) is 5.70 Å². The van der Waals surface area contributed by atoms with Crippen molar-refractivity contribution in [1.29, 1.82) is 0 Å². The third-order valence-electron chi connectivity index (χ3n) is 2.77. The summed E-state index contributed by atoms with van der Waals surface area (Å²) in [5.74, 6) is 0. The fraction of sp³-hybridized carbons (Fsp3) is 0.545. The Morgan fingerprint density at radius 1 is 1.57 bits per heavy atom. The Morgan fingerprint density at radius 3 is 3.00 bits per heavy atom. The van der Waals surface area contributed by atoms with Gasteiger partial charge in [-0.25, -0.2) is 4.99 Å². The molecule has 0 aromatic heterocycles. The minimum atomic E-state index is 0.0175. The van der Waals surface area contributed by atoms with Crippen molar-refractivity contribution < 1.29 is 4.74 Å². The van der Waals surface area contributed by atoms with Crippen LogP contribution in [0, 0.1) is 0 Å². The first-order valence-electron chi connectivity index (χ1n) is 4.96. The first-order valence-corrected chi connectivity index (χ1v) is 5.84. The van der Waals surface area contributed by atoms with Crippen LogP contribution in [0.15, 0.2) is 28.9 Å². The Hall–Kier alpha value is -0.540. The van der Waals surface area contributed by atoms with Crippen LogP contribution >= 0.6 is 11.8 Å². The summed E-state index contributed by atoms with van der Waals surface area (Å²) in [6.07, 6.45) is 7.93. The smallest absolute Gasteiger partial charge is 0.135 e. The van der Waals surface area contributed by atoms with Crippen molar-refractivity contribution in [3.63, 3.8) is 0 Å². The third-order valence-corrected chi connectivity index (χ3v) is 3.97. The van der Waals surface area contributed by atoms with Crippen LogP contribution in [-0.4, -0.2) is 22.0 Å². The molecule has 2 aliphatic heterocycles. The Labute approximate surface area is 88.1 Å². The van der Waals surface area contributed by atoms with E-state index in [0.29, 0.717) is 5.25 Å². The zero-order valence-electron chi connectivity index (χ0n) is 8.36. The molecule has 3 heteroatoms. The van der Waals surface area contributed by atoms with Crippen LogP contribution in [-0.2, 0) is 4.74 Å². The molecule has 2 heterocycles. The first-order chi connectivity index (χ1) is 6.67. The maximum atomic E-state index is 5.59. The van der Waals surface area contributed by atoms with Gasteiger partial charge in [-0.3, -0.25) is 0 Å². The number of hydrogen-bond acceptors (Lipinski definition) is 3. The summed E-state index contributed by atoms with van der Waals surface area (Å²) in [6, 6.07) is 0. The summed E-state index contributed by atoms with van der Waals surface area (Å²) in [7, 11) is 0. The first kappa shape index (κ1) is 8.74. The highest BCUT2D eigenvalue weighted by molar-refractivity contribution is 8.15. The van der Waals surface area contributed by atoms with Crippen LogP contribution in [0.4, 0.5) is 0 Å². The van der Waals surface area contributed by atoms with Crippen molar-refractivity contribution in [3.8, 4) is 0 Å². The van der Waals surface area contributed by atoms with E-state index in [1.54, 1.807) is 0 Å². The molecule has 0 amide bonds. The molecule has 14 heavy (non-hydrogen) atoms. The number of rotatable bonds is 1. The van der Waals surface area contributed by atoms with E-state index < -0.39 is 0 Å². The fourth-order valence-electron chi connectivity index (χ4n) is 1.84. The molecular formula is C11H13NOS. The van der Waals surface area contributed by atoms with Crippen molar-refractivity contribution in [2.24, 2.45) is 4.99 Å². The highest BCUT2D eigenvalue weighted by Crippen LogP contribution is 2.45. The maximum Gasteiger partial charge on any atom is 0.135 e. The molecule has 0 bridgehead atoms. The molecule has 0 spiro atoms. The van der Waals surface area contributed by atoms with E-state index in [4.69, 9.17) is 4.74 Å². The summed E-state index contributed by atoms with van der Waals surface area (Å²) < 4.78 is 5.59. The Bertz CT molecular complexity index is 367. The molecule has 0 saturated carbocycles. The Balaban J connectivity index is 1.82. The second-order valence-electron chi connectivity index (χ2n) is 4.38. The Kier molecular flexibility index (Phi) is 1.71. The molecule has 2 nitrogen and oxygen atoms in total. The average Bonchev–Trinajstić information content (AvgIpc) is 2.62. The van der Waals surface area contributed by atoms with E-state index in [-0.39, 0.29) is 11.7 Å². The van der Waals surface area contributed by atoms with Crippen LogP contribution < -0.4 is 0 Å². The fourth-order valence-corrected chi connectivity index (χ4v) is 3.17. The molecular weight excluding hydrogens is 194 g/mol. The summed E-state index contributed by atoms with van der Waals surface area (Å²) in [5, 5.41) is 1.62. The highest BCUT2D eigenvalue weighted by atomic mass is 32.2. The predicted octanol–water partition coefficient (Wildman–Crippen LogP) is 2.52. The second-order valence-corrected chi connectivity index (χ2v) is 5.54. The van der Waals surface area contributed by atoms with Gasteiger partial charge in [-0.15, -0.1) is 0 Å². The molecule has 0 N–H and O–H groups in total. The van der Waals surface area contributed by atoms with E-state index in [9.17, 15) is 0 Å². The van der Waals surface area contributed by atoms with Gasteiger partial charge in [0.25, 0.3) is 0 Å². The van der Waals surface area contributed by atoms with Crippen molar-refractivity contribution in [2.75, 3.05) is 0 Å². The number of allylic oxidation sites excluding steroid dienone is 2. The van der Waals surface area contributed by atoms with Crippen LogP contribution in [0.5, 0.6) is 0 Å². The Morgan fingerprint density at radius 2 is 2.36 bits per heavy atom. The zero-order chi connectivity index (χ0) is 9.76. The predicted molar refractivity (Wildman–Crippen MR) is 59.6 cm³/mol. The van der Waals surface area contributed by atoms with Crippen LogP contribution in [0.1, 0.15) is 20.3 Å². The molecule has 2 atom stereocenters. The van der Waals surface area contributed by atoms with Gasteiger partial charge >= 0.3 is 0 Å². The van der Waals surface area contributed by atoms with Crippen molar-refractivity contribution in [1.82, 2.24) is 0 Å². The lowest BCUT2D eigenvalue weighted by Crippen LogP contribution is -2.10. The second kappa shape index (κ2) is 2.74. The third kappa shape index (κ3) is 1.27. The number of epoxide rings is 1. The molecule has 3 rings (SSSR count). The van der Waals surface area contributed by atoms with Gasteiger partial charge in [0, 0.05) is 0 Å². The molecule has 3 aliphatic rings. The van der Waals surface area contributed by atoms with Crippen molar-refractivity contribution in [2.45, 2.75) is 37.2 Å². The normalized spacial score (nSPS) is 37.6. The number of ether oxygens (including phenoxy) is 1. The molecule has 1 aliphatic carbocycles. The standard InChI is InChI=1S/C11H13NOS/c1-11(2)9(13-11)10-12-7-5-3-4-6-8(7)14-10/h4-6,8-9H,3H2,1-2H3. The lowest BCUT2D eigenvalue weighted by molar-refractivity contribution is 0.337. The number of fused-ring (bicyclic) bond motifs is 1. The average molecular weight is 207 g/mol. The van der Waals surface area contributed by atoms with E-state index >= 15 is 0 Å². The lowest BCUT2D eigenvalue weighted by atomic mass is 10.1. The van der Waals surface area contributed by atoms with Crippen molar-refractivity contribution >= 4 is 16.8 Å². The minimum Gasteiger partial charge on any atom is -0.359 e. The quantitative estimate of drug-likeness (QED) is 0.487. The van der Waals surface area contributed by atoms with Gasteiger partial charge in [0.2, 0.25) is 0 Å². The van der Waals surface area contributed by atoms with Crippen LogP contribution in [0.25, 0.3) is 0 Å². The summed E-state index contributed by atoms with van der Waals surface area (Å²) in [5.41, 5.74) is 1.24. The maximum absolute atomic E-state index is 5.59. The van der Waals surface area contributed by atoms with Gasteiger partial charge in [-0.1, -0.05) is 30.0 Å². The topological polar surface area (TPSA) is 24.9 Å². The van der Waals surface area contributed by atoms with Gasteiger partial charge in [0.1, 0.15) is 11.1 Å². The SMILES string of the molecule is CC1(C)OC1C1=NC2=CCC=CC2S1. The molecule has 1 fully saturated rings. The molecule has 0 aromatic rings. The number of thioether (sulfide) groups is 1. The monoisotopic (exact) mass is 207 g/mol. The number of hydrogen-bond donors (Lipinski definition) is 0. The zero-order valence-corrected chi connectivity index (χ0v) is 9.17. The van der Waals surface area contributed by atoms with E-state index in [2.05, 4.69) is 37.1 Å². The van der Waals surface area contributed by atoms with Gasteiger partial charge in [0.05, 0.1) is 16.5 Å². The van der Waals surface area contributed by atoms with Gasteiger partial charge in [-0.2, -0.15) is 0 Å².